The monoisotopic (exact) mass is 288 g/mol. The summed E-state index contributed by atoms with van der Waals surface area (Å²) in [6.07, 6.45) is 8.53. The number of fused-ring (bicyclic) bond motifs is 2. The van der Waals surface area contributed by atoms with Gasteiger partial charge in [-0.15, -0.1) is 0 Å². The van der Waals surface area contributed by atoms with E-state index < -0.39 is 0 Å². The lowest BCUT2D eigenvalue weighted by molar-refractivity contribution is 0.574. The van der Waals surface area contributed by atoms with Crippen molar-refractivity contribution in [1.29, 1.82) is 0 Å². The van der Waals surface area contributed by atoms with Crippen LogP contribution in [-0.2, 0) is 0 Å². The average molecular weight is 288 g/mol. The first-order valence-corrected chi connectivity index (χ1v) is 9.08. The first-order chi connectivity index (χ1) is 10.9. The minimum atomic E-state index is 0.648. The Morgan fingerprint density at radius 1 is 0.545 bits per heavy atom. The highest BCUT2D eigenvalue weighted by atomic mass is 14.4. The van der Waals surface area contributed by atoms with E-state index in [9.17, 15) is 0 Å². The molecule has 2 aromatic rings. The first kappa shape index (κ1) is 12.9. The molecule has 0 saturated heterocycles. The van der Waals surface area contributed by atoms with Gasteiger partial charge in [-0.25, -0.2) is 0 Å². The summed E-state index contributed by atoms with van der Waals surface area (Å²) in [5, 5.41) is 0. The molecule has 0 radical (unpaired) electrons. The van der Waals surface area contributed by atoms with Gasteiger partial charge in [-0.2, -0.15) is 0 Å². The van der Waals surface area contributed by atoms with Gasteiger partial charge in [-0.3, -0.25) is 0 Å². The first-order valence-electron chi connectivity index (χ1n) is 9.08. The molecule has 5 rings (SSSR count). The highest BCUT2D eigenvalue weighted by molar-refractivity contribution is 5.52. The molecule has 3 aliphatic rings. The molecule has 0 aromatic heterocycles. The lowest BCUT2D eigenvalue weighted by Gasteiger charge is -2.34. The van der Waals surface area contributed by atoms with Crippen molar-refractivity contribution in [2.45, 2.75) is 50.4 Å². The zero-order valence-corrected chi connectivity index (χ0v) is 13.2. The number of rotatable bonds is 4. The highest BCUT2D eigenvalue weighted by Gasteiger charge is 2.37. The van der Waals surface area contributed by atoms with Gasteiger partial charge in [-0.1, -0.05) is 74.2 Å². The van der Waals surface area contributed by atoms with Gasteiger partial charge in [0.2, 0.25) is 0 Å². The molecule has 22 heavy (non-hydrogen) atoms. The zero-order valence-electron chi connectivity index (χ0n) is 13.2. The Bertz CT molecular complexity index is 583. The van der Waals surface area contributed by atoms with Gasteiger partial charge in [0, 0.05) is 11.8 Å². The summed E-state index contributed by atoms with van der Waals surface area (Å²) in [7, 11) is 0. The van der Waals surface area contributed by atoms with Gasteiger partial charge in [0.05, 0.1) is 0 Å². The molecule has 0 atom stereocenters. The van der Waals surface area contributed by atoms with Crippen molar-refractivity contribution in [2.75, 3.05) is 0 Å². The van der Waals surface area contributed by atoms with Crippen molar-refractivity contribution in [3.05, 3.63) is 70.8 Å². The maximum atomic E-state index is 2.41. The van der Waals surface area contributed by atoms with Crippen LogP contribution in [0.5, 0.6) is 0 Å². The summed E-state index contributed by atoms with van der Waals surface area (Å²) in [6, 6.07) is 18.7. The fraction of sp³-hybridized carbons (Fsp3) is 0.455. The Morgan fingerprint density at radius 3 is 1.14 bits per heavy atom. The standard InChI is InChI=1S/C22H24/c1-2-6-18-17(5-1)21(13-15-9-10-15)19-7-3-4-8-20(19)22(18)14-16-11-12-16/h1-8,15-16,21-22H,9-14H2. The van der Waals surface area contributed by atoms with Gasteiger partial charge in [0.25, 0.3) is 0 Å². The summed E-state index contributed by atoms with van der Waals surface area (Å²) in [6.45, 7) is 0. The number of benzene rings is 2. The maximum Gasteiger partial charge on any atom is 0.00978 e. The van der Waals surface area contributed by atoms with Crippen molar-refractivity contribution in [1.82, 2.24) is 0 Å². The van der Waals surface area contributed by atoms with Crippen LogP contribution in [-0.4, -0.2) is 0 Å². The van der Waals surface area contributed by atoms with Crippen LogP contribution in [0.3, 0.4) is 0 Å². The van der Waals surface area contributed by atoms with Crippen molar-refractivity contribution < 1.29 is 0 Å². The topological polar surface area (TPSA) is 0 Å². The normalized spacial score (nSPS) is 26.4. The van der Waals surface area contributed by atoms with Gasteiger partial charge < -0.3 is 0 Å². The summed E-state index contributed by atoms with van der Waals surface area (Å²) in [5.74, 6) is 3.25. The van der Waals surface area contributed by atoms with Crippen LogP contribution in [0.15, 0.2) is 48.5 Å². The third kappa shape index (κ3) is 2.20. The van der Waals surface area contributed by atoms with E-state index in [1.165, 1.54) is 38.5 Å². The van der Waals surface area contributed by atoms with Crippen LogP contribution in [0.4, 0.5) is 0 Å². The number of hydrogen-bond acceptors (Lipinski definition) is 0. The molecular formula is C22H24. The van der Waals surface area contributed by atoms with Crippen LogP contribution in [0, 0.1) is 11.8 Å². The maximum absolute atomic E-state index is 2.41. The lowest BCUT2D eigenvalue weighted by atomic mass is 9.69. The Morgan fingerprint density at radius 2 is 0.864 bits per heavy atom. The Balaban J connectivity index is 1.63. The molecule has 0 amide bonds. The predicted molar refractivity (Wildman–Crippen MR) is 91.3 cm³/mol. The quantitative estimate of drug-likeness (QED) is 0.660. The molecule has 2 aromatic carbocycles. The summed E-state index contributed by atoms with van der Waals surface area (Å²) in [5.41, 5.74) is 6.55. The molecule has 2 fully saturated rings. The Hall–Kier alpha value is -1.56. The third-order valence-corrected chi connectivity index (χ3v) is 6.03. The van der Waals surface area contributed by atoms with Crippen LogP contribution in [0.2, 0.25) is 0 Å². The summed E-state index contributed by atoms with van der Waals surface area (Å²) in [4.78, 5) is 0. The number of hydrogen-bond donors (Lipinski definition) is 0. The molecule has 0 nitrogen and oxygen atoms in total. The summed E-state index contributed by atoms with van der Waals surface area (Å²) < 4.78 is 0. The van der Waals surface area contributed by atoms with E-state index in [0.717, 1.165) is 11.8 Å². The SMILES string of the molecule is c1ccc2c(c1)C(CC1CC1)c1ccccc1C2CC1CC1. The fourth-order valence-corrected chi connectivity index (χ4v) is 4.51. The third-order valence-electron chi connectivity index (χ3n) is 6.03. The van der Waals surface area contributed by atoms with Crippen LogP contribution in [0.1, 0.15) is 72.6 Å². The summed E-state index contributed by atoms with van der Waals surface area (Å²) >= 11 is 0. The molecular weight excluding hydrogens is 264 g/mol. The molecule has 0 aliphatic heterocycles. The second-order valence-corrected chi connectivity index (χ2v) is 7.72. The molecule has 0 bridgehead atoms. The van der Waals surface area contributed by atoms with Gasteiger partial charge in [0.15, 0.2) is 0 Å². The average Bonchev–Trinajstić information content (AvgIpc) is 3.45. The molecule has 0 spiro atoms. The van der Waals surface area contributed by atoms with E-state index in [0.29, 0.717) is 11.8 Å². The highest BCUT2D eigenvalue weighted by Crippen LogP contribution is 2.52. The van der Waals surface area contributed by atoms with E-state index in [1.807, 2.05) is 0 Å². The molecule has 0 heterocycles. The van der Waals surface area contributed by atoms with Crippen molar-refractivity contribution in [2.24, 2.45) is 11.8 Å². The fourth-order valence-electron chi connectivity index (χ4n) is 4.51. The Kier molecular flexibility index (Phi) is 2.93. The smallest absolute Gasteiger partial charge is 0.00978 e. The lowest BCUT2D eigenvalue weighted by Crippen LogP contribution is -2.19. The van der Waals surface area contributed by atoms with Crippen LogP contribution >= 0.6 is 0 Å². The second-order valence-electron chi connectivity index (χ2n) is 7.72. The Labute approximate surface area is 133 Å². The van der Waals surface area contributed by atoms with Crippen LogP contribution in [0.25, 0.3) is 0 Å². The predicted octanol–water partition coefficient (Wildman–Crippen LogP) is 5.86. The van der Waals surface area contributed by atoms with Gasteiger partial charge >= 0.3 is 0 Å². The molecule has 0 unspecified atom stereocenters. The van der Waals surface area contributed by atoms with Crippen molar-refractivity contribution >= 4 is 0 Å². The van der Waals surface area contributed by atoms with Crippen molar-refractivity contribution in [3.8, 4) is 0 Å². The minimum Gasteiger partial charge on any atom is -0.0620 e. The second kappa shape index (κ2) is 4.98. The van der Waals surface area contributed by atoms with E-state index in [1.54, 1.807) is 22.3 Å². The van der Waals surface area contributed by atoms with Gasteiger partial charge in [-0.05, 0) is 46.9 Å². The van der Waals surface area contributed by atoms with E-state index >= 15 is 0 Å². The van der Waals surface area contributed by atoms with Gasteiger partial charge in [0.1, 0.15) is 0 Å². The zero-order chi connectivity index (χ0) is 14.5. The molecule has 2 saturated carbocycles. The largest absolute Gasteiger partial charge is 0.0620 e. The molecule has 0 N–H and O–H groups in total. The van der Waals surface area contributed by atoms with E-state index in [4.69, 9.17) is 0 Å². The molecule has 3 aliphatic carbocycles. The van der Waals surface area contributed by atoms with Crippen molar-refractivity contribution in [3.63, 3.8) is 0 Å². The van der Waals surface area contributed by atoms with E-state index in [2.05, 4.69) is 48.5 Å². The molecule has 0 heteroatoms. The minimum absolute atomic E-state index is 0.648. The van der Waals surface area contributed by atoms with E-state index in [-0.39, 0.29) is 0 Å². The van der Waals surface area contributed by atoms with Crippen LogP contribution < -0.4 is 0 Å². The molecule has 112 valence electrons.